The molecular formula is C17H19BrN4O2. The predicted octanol–water partition coefficient (Wildman–Crippen LogP) is 3.43. The summed E-state index contributed by atoms with van der Waals surface area (Å²) < 4.78 is 0.931. The Hall–Kier alpha value is -2.41. The molecule has 7 heteroatoms. The van der Waals surface area contributed by atoms with Crippen molar-refractivity contribution in [2.75, 3.05) is 19.4 Å². The number of benzene rings is 1. The molecule has 0 aliphatic heterocycles. The van der Waals surface area contributed by atoms with Crippen molar-refractivity contribution < 1.29 is 9.59 Å². The van der Waals surface area contributed by atoms with Gasteiger partial charge in [-0.25, -0.2) is 4.79 Å². The molecule has 1 aromatic heterocycles. The molecule has 1 unspecified atom stereocenters. The first kappa shape index (κ1) is 17.9. The van der Waals surface area contributed by atoms with Crippen molar-refractivity contribution in [3.63, 3.8) is 0 Å². The minimum Gasteiger partial charge on any atom is -0.343 e. The van der Waals surface area contributed by atoms with Crippen LogP contribution in [0, 0.1) is 0 Å². The Kier molecular flexibility index (Phi) is 5.92. The molecule has 0 fully saturated rings. The second-order valence-corrected chi connectivity index (χ2v) is 6.33. The molecule has 1 atom stereocenters. The van der Waals surface area contributed by atoms with Crippen LogP contribution in [0.4, 0.5) is 10.5 Å². The highest BCUT2D eigenvalue weighted by Crippen LogP contribution is 2.22. The Bertz CT molecular complexity index is 749. The highest BCUT2D eigenvalue weighted by atomic mass is 79.9. The van der Waals surface area contributed by atoms with Crippen LogP contribution in [0.1, 0.15) is 29.0 Å². The molecule has 0 saturated carbocycles. The molecular weight excluding hydrogens is 372 g/mol. The maximum atomic E-state index is 12.2. The zero-order valence-electron chi connectivity index (χ0n) is 13.7. The van der Waals surface area contributed by atoms with Crippen LogP contribution in [0.2, 0.25) is 0 Å². The molecule has 0 spiro atoms. The zero-order chi connectivity index (χ0) is 17.7. The van der Waals surface area contributed by atoms with E-state index in [-0.39, 0.29) is 23.7 Å². The van der Waals surface area contributed by atoms with E-state index < -0.39 is 0 Å². The van der Waals surface area contributed by atoms with E-state index in [0.29, 0.717) is 5.69 Å². The van der Waals surface area contributed by atoms with Crippen molar-refractivity contribution in [3.05, 3.63) is 58.3 Å². The van der Waals surface area contributed by atoms with E-state index in [0.717, 1.165) is 10.0 Å². The molecule has 1 aromatic carbocycles. The molecule has 0 aliphatic rings. The Labute approximate surface area is 149 Å². The molecule has 0 aliphatic carbocycles. The van der Waals surface area contributed by atoms with Crippen LogP contribution in [0.25, 0.3) is 0 Å². The molecule has 2 N–H and O–H groups in total. The first-order valence-electron chi connectivity index (χ1n) is 7.38. The number of carbonyl (C=O) groups is 2. The lowest BCUT2D eigenvalue weighted by molar-refractivity contribution is 0.0822. The topological polar surface area (TPSA) is 74.3 Å². The van der Waals surface area contributed by atoms with Gasteiger partial charge in [-0.15, -0.1) is 0 Å². The van der Waals surface area contributed by atoms with Crippen LogP contribution in [0.5, 0.6) is 0 Å². The van der Waals surface area contributed by atoms with Gasteiger partial charge in [0, 0.05) is 30.5 Å². The third-order valence-electron chi connectivity index (χ3n) is 3.36. The minimum absolute atomic E-state index is 0.176. The number of halogens is 1. The largest absolute Gasteiger partial charge is 0.343 e. The molecule has 6 nitrogen and oxygen atoms in total. The summed E-state index contributed by atoms with van der Waals surface area (Å²) in [6, 6.07) is 10.3. The van der Waals surface area contributed by atoms with Crippen molar-refractivity contribution in [3.8, 4) is 0 Å². The first-order valence-corrected chi connectivity index (χ1v) is 8.17. The fourth-order valence-electron chi connectivity index (χ4n) is 2.12. The summed E-state index contributed by atoms with van der Waals surface area (Å²) >= 11 is 3.47. The van der Waals surface area contributed by atoms with Crippen LogP contribution < -0.4 is 10.6 Å². The number of hydrogen-bond donors (Lipinski definition) is 2. The number of nitrogens with one attached hydrogen (secondary N) is 2. The number of carbonyl (C=O) groups excluding carboxylic acids is 2. The summed E-state index contributed by atoms with van der Waals surface area (Å²) in [4.78, 5) is 29.5. The van der Waals surface area contributed by atoms with Gasteiger partial charge in [-0.3, -0.25) is 9.78 Å². The van der Waals surface area contributed by atoms with E-state index in [1.165, 1.54) is 11.1 Å². The predicted molar refractivity (Wildman–Crippen MR) is 97.0 cm³/mol. The highest BCUT2D eigenvalue weighted by Gasteiger charge is 2.14. The van der Waals surface area contributed by atoms with Gasteiger partial charge in [0.25, 0.3) is 5.91 Å². The first-order chi connectivity index (χ1) is 11.4. The Balaban J connectivity index is 2.04. The van der Waals surface area contributed by atoms with Gasteiger partial charge in [-0.2, -0.15) is 0 Å². The van der Waals surface area contributed by atoms with E-state index in [1.807, 2.05) is 31.2 Å². The van der Waals surface area contributed by atoms with Crippen LogP contribution >= 0.6 is 15.9 Å². The lowest BCUT2D eigenvalue weighted by Gasteiger charge is -2.16. The smallest absolute Gasteiger partial charge is 0.319 e. The average molecular weight is 391 g/mol. The van der Waals surface area contributed by atoms with Crippen LogP contribution in [-0.4, -0.2) is 35.9 Å². The second kappa shape index (κ2) is 7.92. The van der Waals surface area contributed by atoms with Crippen molar-refractivity contribution in [1.82, 2.24) is 15.2 Å². The number of rotatable bonds is 4. The number of nitrogens with zero attached hydrogens (tertiary/aromatic N) is 2. The molecule has 3 amide bonds. The van der Waals surface area contributed by atoms with E-state index in [4.69, 9.17) is 0 Å². The number of aromatic nitrogens is 1. The van der Waals surface area contributed by atoms with Gasteiger partial charge in [0.15, 0.2) is 0 Å². The fraction of sp³-hybridized carbons (Fsp3) is 0.235. The monoisotopic (exact) mass is 390 g/mol. The standard InChI is InChI=1S/C17H19BrN4O2/c1-11(13-6-4-5-7-14(13)18)20-17(24)21-12-8-9-19-15(10-12)16(23)22(2)3/h4-11H,1-3H3,(H2,19,20,21,24). The molecule has 2 rings (SSSR count). The summed E-state index contributed by atoms with van der Waals surface area (Å²) in [5.74, 6) is -0.222. The summed E-state index contributed by atoms with van der Waals surface area (Å²) in [5, 5.41) is 5.58. The summed E-state index contributed by atoms with van der Waals surface area (Å²) in [6.07, 6.45) is 1.49. The lowest BCUT2D eigenvalue weighted by atomic mass is 10.1. The van der Waals surface area contributed by atoms with Crippen molar-refractivity contribution in [1.29, 1.82) is 0 Å². The molecule has 0 saturated heterocycles. The van der Waals surface area contributed by atoms with Gasteiger partial charge >= 0.3 is 6.03 Å². The van der Waals surface area contributed by atoms with E-state index in [2.05, 4.69) is 31.5 Å². The third-order valence-corrected chi connectivity index (χ3v) is 4.08. The lowest BCUT2D eigenvalue weighted by Crippen LogP contribution is -2.31. The molecule has 1 heterocycles. The van der Waals surface area contributed by atoms with Crippen molar-refractivity contribution >= 4 is 33.6 Å². The van der Waals surface area contributed by atoms with Crippen LogP contribution in [-0.2, 0) is 0 Å². The van der Waals surface area contributed by atoms with Crippen molar-refractivity contribution in [2.45, 2.75) is 13.0 Å². The van der Waals surface area contributed by atoms with Gasteiger partial charge in [0.2, 0.25) is 0 Å². The Morgan fingerprint density at radius 3 is 2.58 bits per heavy atom. The molecule has 0 bridgehead atoms. The van der Waals surface area contributed by atoms with Crippen molar-refractivity contribution in [2.24, 2.45) is 0 Å². The summed E-state index contributed by atoms with van der Waals surface area (Å²) in [6.45, 7) is 1.90. The molecule has 2 aromatic rings. The maximum absolute atomic E-state index is 12.2. The van der Waals surface area contributed by atoms with E-state index in [1.54, 1.807) is 26.2 Å². The zero-order valence-corrected chi connectivity index (χ0v) is 15.3. The second-order valence-electron chi connectivity index (χ2n) is 5.47. The summed E-state index contributed by atoms with van der Waals surface area (Å²) in [5.41, 5.74) is 1.76. The molecule has 126 valence electrons. The highest BCUT2D eigenvalue weighted by molar-refractivity contribution is 9.10. The Morgan fingerprint density at radius 2 is 1.92 bits per heavy atom. The van der Waals surface area contributed by atoms with E-state index in [9.17, 15) is 9.59 Å². The number of pyridine rings is 1. The van der Waals surface area contributed by atoms with Crippen LogP contribution in [0.15, 0.2) is 47.1 Å². The number of anilines is 1. The minimum atomic E-state index is -0.354. The number of amides is 3. The summed E-state index contributed by atoms with van der Waals surface area (Å²) in [7, 11) is 3.30. The fourth-order valence-corrected chi connectivity index (χ4v) is 2.75. The molecule has 0 radical (unpaired) electrons. The van der Waals surface area contributed by atoms with Gasteiger partial charge in [0.1, 0.15) is 5.69 Å². The normalized spacial score (nSPS) is 11.5. The average Bonchev–Trinajstić information content (AvgIpc) is 2.54. The third kappa shape index (κ3) is 4.55. The molecule has 24 heavy (non-hydrogen) atoms. The van der Waals surface area contributed by atoms with Gasteiger partial charge < -0.3 is 15.5 Å². The maximum Gasteiger partial charge on any atom is 0.319 e. The SMILES string of the molecule is CC(NC(=O)Nc1ccnc(C(=O)N(C)C)c1)c1ccccc1Br. The van der Waals surface area contributed by atoms with Gasteiger partial charge in [-0.05, 0) is 30.7 Å². The number of urea groups is 1. The van der Waals surface area contributed by atoms with Crippen LogP contribution in [0.3, 0.4) is 0 Å². The Morgan fingerprint density at radius 1 is 1.21 bits per heavy atom. The van der Waals surface area contributed by atoms with E-state index >= 15 is 0 Å². The quantitative estimate of drug-likeness (QED) is 0.839. The van der Waals surface area contributed by atoms with Gasteiger partial charge in [0.05, 0.1) is 6.04 Å². The number of hydrogen-bond acceptors (Lipinski definition) is 3. The van der Waals surface area contributed by atoms with Gasteiger partial charge in [-0.1, -0.05) is 34.1 Å².